The Morgan fingerprint density at radius 3 is 3.00 bits per heavy atom. The molecule has 0 aliphatic heterocycles. The molecule has 2 rings (SSSR count). The summed E-state index contributed by atoms with van der Waals surface area (Å²) in [6, 6.07) is 1.88. The van der Waals surface area contributed by atoms with Crippen molar-refractivity contribution in [3.8, 4) is 0 Å². The number of anilines is 1. The van der Waals surface area contributed by atoms with E-state index in [1.807, 2.05) is 13.0 Å². The molecular formula is C12H14BrN5O. The lowest BCUT2D eigenvalue weighted by atomic mass is 10.3. The molecule has 0 radical (unpaired) electrons. The highest BCUT2D eigenvalue weighted by atomic mass is 79.9. The number of rotatable bonds is 4. The maximum atomic E-state index is 12.0. The Bertz CT molecular complexity index is 596. The molecule has 0 aromatic carbocycles. The van der Waals surface area contributed by atoms with E-state index >= 15 is 0 Å². The molecule has 0 atom stereocenters. The Hall–Kier alpha value is -1.73. The second kappa shape index (κ2) is 5.94. The SMILES string of the molecule is Cc1cc(Br)cnc1NC(=O)c1cn(CCN)cn1. The van der Waals surface area contributed by atoms with Crippen LogP contribution in [0.4, 0.5) is 5.82 Å². The Labute approximate surface area is 119 Å². The number of imidazole rings is 1. The van der Waals surface area contributed by atoms with Crippen LogP contribution >= 0.6 is 15.9 Å². The minimum atomic E-state index is -0.284. The summed E-state index contributed by atoms with van der Waals surface area (Å²) in [5, 5.41) is 2.73. The van der Waals surface area contributed by atoms with Gasteiger partial charge < -0.3 is 15.6 Å². The van der Waals surface area contributed by atoms with Crippen LogP contribution in [-0.2, 0) is 6.54 Å². The van der Waals surface area contributed by atoms with Gasteiger partial charge in [0.05, 0.1) is 6.33 Å². The fraction of sp³-hybridized carbons (Fsp3) is 0.250. The molecule has 0 spiro atoms. The Kier molecular flexibility index (Phi) is 4.28. The van der Waals surface area contributed by atoms with Crippen LogP contribution in [0.15, 0.2) is 29.3 Å². The Morgan fingerprint density at radius 1 is 1.53 bits per heavy atom. The first-order valence-electron chi connectivity index (χ1n) is 5.75. The highest BCUT2D eigenvalue weighted by Crippen LogP contribution is 2.17. The lowest BCUT2D eigenvalue weighted by Gasteiger charge is -2.05. The first kappa shape index (κ1) is 13.7. The van der Waals surface area contributed by atoms with E-state index in [-0.39, 0.29) is 5.91 Å². The molecule has 0 unspecified atom stereocenters. The average molecular weight is 324 g/mol. The number of hydrogen-bond acceptors (Lipinski definition) is 4. The quantitative estimate of drug-likeness (QED) is 0.894. The number of pyridine rings is 1. The van der Waals surface area contributed by atoms with E-state index < -0.39 is 0 Å². The number of hydrogen-bond donors (Lipinski definition) is 2. The maximum absolute atomic E-state index is 12.0. The van der Waals surface area contributed by atoms with Crippen molar-refractivity contribution in [2.75, 3.05) is 11.9 Å². The van der Waals surface area contributed by atoms with Crippen LogP contribution < -0.4 is 11.1 Å². The van der Waals surface area contributed by atoms with Crippen molar-refractivity contribution in [1.82, 2.24) is 14.5 Å². The van der Waals surface area contributed by atoms with Gasteiger partial charge in [0.25, 0.3) is 5.91 Å². The molecule has 0 fully saturated rings. The standard InChI is InChI=1S/C12H14BrN5O/c1-8-4-9(13)5-15-11(8)17-12(19)10-6-18(3-2-14)7-16-10/h4-7H,2-3,14H2,1H3,(H,15,17,19). The van der Waals surface area contributed by atoms with Crippen molar-refractivity contribution < 1.29 is 4.79 Å². The molecule has 0 aliphatic rings. The van der Waals surface area contributed by atoms with Gasteiger partial charge in [0.15, 0.2) is 0 Å². The molecular weight excluding hydrogens is 310 g/mol. The second-order valence-corrected chi connectivity index (χ2v) is 4.97. The lowest BCUT2D eigenvalue weighted by molar-refractivity contribution is 0.102. The lowest BCUT2D eigenvalue weighted by Crippen LogP contribution is -2.14. The van der Waals surface area contributed by atoms with Crippen LogP contribution in [0, 0.1) is 6.92 Å². The summed E-state index contributed by atoms with van der Waals surface area (Å²) >= 11 is 3.33. The summed E-state index contributed by atoms with van der Waals surface area (Å²) in [6.45, 7) is 3.01. The summed E-state index contributed by atoms with van der Waals surface area (Å²) in [4.78, 5) is 20.2. The van der Waals surface area contributed by atoms with Crippen LogP contribution in [0.3, 0.4) is 0 Å². The van der Waals surface area contributed by atoms with Gasteiger partial charge in [-0.3, -0.25) is 4.79 Å². The van der Waals surface area contributed by atoms with Crippen molar-refractivity contribution in [2.45, 2.75) is 13.5 Å². The van der Waals surface area contributed by atoms with Crippen LogP contribution in [0.2, 0.25) is 0 Å². The molecule has 0 aliphatic carbocycles. The number of nitrogens with zero attached hydrogens (tertiary/aromatic N) is 3. The number of nitrogens with two attached hydrogens (primary N) is 1. The molecule has 3 N–H and O–H groups in total. The predicted octanol–water partition coefficient (Wildman–Crippen LogP) is 1.56. The van der Waals surface area contributed by atoms with Gasteiger partial charge in [0, 0.05) is 30.0 Å². The molecule has 2 heterocycles. The molecule has 7 heteroatoms. The van der Waals surface area contributed by atoms with E-state index in [9.17, 15) is 4.79 Å². The molecule has 0 bridgehead atoms. The van der Waals surface area contributed by atoms with Crippen molar-refractivity contribution in [3.63, 3.8) is 0 Å². The van der Waals surface area contributed by atoms with Crippen molar-refractivity contribution in [1.29, 1.82) is 0 Å². The second-order valence-electron chi connectivity index (χ2n) is 4.06. The van der Waals surface area contributed by atoms with E-state index in [0.717, 1.165) is 10.0 Å². The number of carbonyl (C=O) groups excluding carboxylic acids is 1. The van der Waals surface area contributed by atoms with Crippen LogP contribution in [0.25, 0.3) is 0 Å². The fourth-order valence-electron chi connectivity index (χ4n) is 1.59. The van der Waals surface area contributed by atoms with Gasteiger partial charge in [-0.15, -0.1) is 0 Å². The van der Waals surface area contributed by atoms with Gasteiger partial charge in [-0.05, 0) is 34.5 Å². The summed E-state index contributed by atoms with van der Waals surface area (Å²) < 4.78 is 2.65. The van der Waals surface area contributed by atoms with Gasteiger partial charge in [0.1, 0.15) is 11.5 Å². The molecule has 1 amide bonds. The highest BCUT2D eigenvalue weighted by molar-refractivity contribution is 9.10. The Morgan fingerprint density at radius 2 is 2.32 bits per heavy atom. The number of carbonyl (C=O) groups is 1. The normalized spacial score (nSPS) is 10.5. The average Bonchev–Trinajstić information content (AvgIpc) is 2.82. The zero-order valence-electron chi connectivity index (χ0n) is 10.4. The third kappa shape index (κ3) is 3.39. The molecule has 6 nitrogen and oxygen atoms in total. The van der Waals surface area contributed by atoms with E-state index in [0.29, 0.717) is 24.6 Å². The minimum Gasteiger partial charge on any atom is -0.335 e. The topological polar surface area (TPSA) is 85.8 Å². The number of amides is 1. The van der Waals surface area contributed by atoms with E-state index in [4.69, 9.17) is 5.73 Å². The van der Waals surface area contributed by atoms with Crippen LogP contribution in [0.1, 0.15) is 16.1 Å². The molecule has 2 aromatic heterocycles. The molecule has 100 valence electrons. The summed E-state index contributed by atoms with van der Waals surface area (Å²) in [6.07, 6.45) is 4.88. The first-order chi connectivity index (χ1) is 9.10. The largest absolute Gasteiger partial charge is 0.335 e. The number of aryl methyl sites for hydroxylation is 1. The smallest absolute Gasteiger partial charge is 0.277 e. The van der Waals surface area contributed by atoms with Crippen LogP contribution in [0.5, 0.6) is 0 Å². The van der Waals surface area contributed by atoms with E-state index in [1.54, 1.807) is 23.3 Å². The summed E-state index contributed by atoms with van der Waals surface area (Å²) in [5.74, 6) is 0.246. The summed E-state index contributed by atoms with van der Waals surface area (Å²) in [7, 11) is 0. The van der Waals surface area contributed by atoms with Gasteiger partial charge in [-0.25, -0.2) is 9.97 Å². The van der Waals surface area contributed by atoms with Crippen molar-refractivity contribution >= 4 is 27.7 Å². The molecule has 19 heavy (non-hydrogen) atoms. The molecule has 0 saturated carbocycles. The van der Waals surface area contributed by atoms with Gasteiger partial charge in [0.2, 0.25) is 0 Å². The number of aromatic nitrogens is 3. The number of nitrogens with one attached hydrogen (secondary N) is 1. The molecule has 2 aromatic rings. The van der Waals surface area contributed by atoms with Crippen molar-refractivity contribution in [3.05, 3.63) is 40.5 Å². The first-order valence-corrected chi connectivity index (χ1v) is 6.55. The molecule has 0 saturated heterocycles. The zero-order valence-corrected chi connectivity index (χ0v) is 12.0. The van der Waals surface area contributed by atoms with E-state index in [1.165, 1.54) is 0 Å². The van der Waals surface area contributed by atoms with Crippen LogP contribution in [-0.4, -0.2) is 27.0 Å². The fourth-order valence-corrected chi connectivity index (χ4v) is 2.04. The van der Waals surface area contributed by atoms with E-state index in [2.05, 4.69) is 31.2 Å². The predicted molar refractivity (Wildman–Crippen MR) is 75.9 cm³/mol. The van der Waals surface area contributed by atoms with Crippen molar-refractivity contribution in [2.24, 2.45) is 5.73 Å². The number of halogens is 1. The minimum absolute atomic E-state index is 0.284. The highest BCUT2D eigenvalue weighted by Gasteiger charge is 2.11. The summed E-state index contributed by atoms with van der Waals surface area (Å²) in [5.41, 5.74) is 6.66. The maximum Gasteiger partial charge on any atom is 0.277 e. The zero-order chi connectivity index (χ0) is 13.8. The van der Waals surface area contributed by atoms with Gasteiger partial charge >= 0.3 is 0 Å². The van der Waals surface area contributed by atoms with Gasteiger partial charge in [-0.1, -0.05) is 0 Å². The monoisotopic (exact) mass is 323 g/mol. The third-order valence-corrected chi connectivity index (χ3v) is 2.96. The van der Waals surface area contributed by atoms with Gasteiger partial charge in [-0.2, -0.15) is 0 Å². The Balaban J connectivity index is 2.11. The third-order valence-electron chi connectivity index (χ3n) is 2.53.